The summed E-state index contributed by atoms with van der Waals surface area (Å²) < 4.78 is 0. The smallest absolute Gasteiger partial charge is 0.261 e. The summed E-state index contributed by atoms with van der Waals surface area (Å²) in [6.07, 6.45) is 0. The summed E-state index contributed by atoms with van der Waals surface area (Å²) >= 11 is 0. The summed E-state index contributed by atoms with van der Waals surface area (Å²) in [5, 5.41) is 1.38. The van der Waals surface area contributed by atoms with Gasteiger partial charge in [-0.3, -0.25) is 14.5 Å². The molecule has 0 radical (unpaired) electrons. The van der Waals surface area contributed by atoms with Gasteiger partial charge in [-0.05, 0) is 34.7 Å². The minimum Gasteiger partial charge on any atom is -0.277 e. The molecule has 1 aliphatic rings. The fraction of sp³-hybridized carbons (Fsp3) is 0.0294. The van der Waals surface area contributed by atoms with Gasteiger partial charge >= 0.3 is 0 Å². The average molecular weight is 519 g/mol. The molecule has 6 heteroatoms. The maximum absolute atomic E-state index is 12.9. The van der Waals surface area contributed by atoms with Gasteiger partial charge in [0.15, 0.2) is 17.5 Å². The van der Waals surface area contributed by atoms with E-state index in [-0.39, 0.29) is 11.8 Å². The number of amides is 2. The molecule has 7 rings (SSSR count). The Morgan fingerprint density at radius 1 is 0.450 bits per heavy atom. The standard InChI is InChI=1S/C34H22N4O2/c1-38-33(39)27-14-8-13-25-26(19-20-28(29(25)27)34(38)40)32-36-30(23-11-6-3-7-12-23)35-31(37-32)24-17-15-22(16-18-24)21-9-4-2-5-10-21/h2-20H,1H3. The van der Waals surface area contributed by atoms with Crippen LogP contribution in [0.5, 0.6) is 0 Å². The molecule has 40 heavy (non-hydrogen) atoms. The Balaban J connectivity index is 1.42. The van der Waals surface area contributed by atoms with E-state index in [0.29, 0.717) is 34.0 Å². The molecule has 6 nitrogen and oxygen atoms in total. The zero-order valence-electron chi connectivity index (χ0n) is 21.6. The maximum atomic E-state index is 12.9. The molecule has 0 N–H and O–H groups in total. The summed E-state index contributed by atoms with van der Waals surface area (Å²) in [7, 11) is 1.51. The monoisotopic (exact) mass is 518 g/mol. The van der Waals surface area contributed by atoms with Crippen molar-refractivity contribution in [2.24, 2.45) is 0 Å². The number of carbonyl (C=O) groups excluding carboxylic acids is 2. The molecule has 190 valence electrons. The van der Waals surface area contributed by atoms with E-state index < -0.39 is 0 Å². The van der Waals surface area contributed by atoms with Crippen molar-refractivity contribution in [3.63, 3.8) is 0 Å². The highest BCUT2D eigenvalue weighted by Gasteiger charge is 2.31. The van der Waals surface area contributed by atoms with Crippen LogP contribution in [0.2, 0.25) is 0 Å². The summed E-state index contributed by atoms with van der Waals surface area (Å²) in [5.74, 6) is 0.912. The molecule has 0 saturated heterocycles. The van der Waals surface area contributed by atoms with Crippen molar-refractivity contribution in [2.75, 3.05) is 7.05 Å². The average Bonchev–Trinajstić information content (AvgIpc) is 3.03. The summed E-state index contributed by atoms with van der Waals surface area (Å²) in [6, 6.07) is 37.2. The fourth-order valence-corrected chi connectivity index (χ4v) is 5.20. The van der Waals surface area contributed by atoms with E-state index in [1.807, 2.05) is 78.9 Å². The van der Waals surface area contributed by atoms with Crippen LogP contribution >= 0.6 is 0 Å². The van der Waals surface area contributed by atoms with Gasteiger partial charge in [-0.25, -0.2) is 15.0 Å². The number of hydrogen-bond acceptors (Lipinski definition) is 5. The first kappa shape index (κ1) is 23.6. The minimum absolute atomic E-state index is 0.319. The number of imide groups is 1. The molecule has 1 aromatic heterocycles. The van der Waals surface area contributed by atoms with E-state index in [1.54, 1.807) is 12.1 Å². The topological polar surface area (TPSA) is 76.1 Å². The van der Waals surface area contributed by atoms with Crippen LogP contribution < -0.4 is 0 Å². The van der Waals surface area contributed by atoms with Gasteiger partial charge in [0.25, 0.3) is 11.8 Å². The molecule has 6 aromatic rings. The van der Waals surface area contributed by atoms with Gasteiger partial charge < -0.3 is 0 Å². The first-order chi connectivity index (χ1) is 19.6. The van der Waals surface area contributed by atoms with Gasteiger partial charge in [-0.2, -0.15) is 0 Å². The van der Waals surface area contributed by atoms with Crippen molar-refractivity contribution in [1.82, 2.24) is 19.9 Å². The maximum Gasteiger partial charge on any atom is 0.261 e. The third-order valence-corrected chi connectivity index (χ3v) is 7.27. The third kappa shape index (κ3) is 3.85. The summed E-state index contributed by atoms with van der Waals surface area (Å²) in [6.45, 7) is 0. The van der Waals surface area contributed by atoms with Gasteiger partial charge in [0.2, 0.25) is 0 Å². The number of rotatable bonds is 4. The molecule has 0 fully saturated rings. The van der Waals surface area contributed by atoms with Gasteiger partial charge in [0, 0.05) is 40.3 Å². The first-order valence-electron chi connectivity index (χ1n) is 12.9. The van der Waals surface area contributed by atoms with E-state index in [9.17, 15) is 9.59 Å². The second kappa shape index (κ2) is 9.36. The molecule has 0 saturated carbocycles. The lowest BCUT2D eigenvalue weighted by atomic mass is 9.91. The lowest BCUT2D eigenvalue weighted by molar-refractivity contribution is 0.0650. The van der Waals surface area contributed by atoms with Crippen molar-refractivity contribution >= 4 is 22.6 Å². The Bertz CT molecular complexity index is 1910. The minimum atomic E-state index is -0.319. The van der Waals surface area contributed by atoms with Crippen molar-refractivity contribution in [3.05, 3.63) is 126 Å². The molecule has 5 aromatic carbocycles. The van der Waals surface area contributed by atoms with Crippen LogP contribution in [0.3, 0.4) is 0 Å². The number of nitrogens with zero attached hydrogens (tertiary/aromatic N) is 4. The van der Waals surface area contributed by atoms with Crippen LogP contribution in [-0.2, 0) is 0 Å². The number of benzene rings is 5. The quantitative estimate of drug-likeness (QED) is 0.237. The summed E-state index contributed by atoms with van der Waals surface area (Å²) in [5.41, 5.74) is 5.67. The lowest BCUT2D eigenvalue weighted by Crippen LogP contribution is -2.36. The van der Waals surface area contributed by atoms with Crippen LogP contribution in [-0.4, -0.2) is 38.7 Å². The van der Waals surface area contributed by atoms with Gasteiger partial charge in [-0.1, -0.05) is 97.1 Å². The zero-order chi connectivity index (χ0) is 27.2. The predicted molar refractivity (Wildman–Crippen MR) is 156 cm³/mol. The normalized spacial score (nSPS) is 12.7. The van der Waals surface area contributed by atoms with Gasteiger partial charge in [0.1, 0.15) is 0 Å². The Labute approximate surface area is 230 Å². The Morgan fingerprint density at radius 2 is 0.925 bits per heavy atom. The second-order valence-corrected chi connectivity index (χ2v) is 9.67. The Morgan fingerprint density at radius 3 is 1.57 bits per heavy atom. The first-order valence-corrected chi connectivity index (χ1v) is 12.9. The highest BCUT2D eigenvalue weighted by Crippen LogP contribution is 2.36. The largest absolute Gasteiger partial charge is 0.277 e. The Kier molecular flexibility index (Phi) is 5.53. The number of hydrogen-bond donors (Lipinski definition) is 0. The molecule has 0 atom stereocenters. The van der Waals surface area contributed by atoms with E-state index >= 15 is 0 Å². The Hall–Kier alpha value is -5.49. The van der Waals surface area contributed by atoms with Crippen molar-refractivity contribution in [3.8, 4) is 45.3 Å². The molecule has 0 unspecified atom stereocenters. The highest BCUT2D eigenvalue weighted by atomic mass is 16.2. The molecule has 0 spiro atoms. The molecule has 0 aliphatic carbocycles. The van der Waals surface area contributed by atoms with E-state index in [4.69, 9.17) is 15.0 Å². The van der Waals surface area contributed by atoms with E-state index in [2.05, 4.69) is 24.3 Å². The van der Waals surface area contributed by atoms with E-state index in [1.165, 1.54) is 7.05 Å². The molecule has 2 amide bonds. The lowest BCUT2D eigenvalue weighted by Gasteiger charge is -2.24. The van der Waals surface area contributed by atoms with E-state index in [0.717, 1.165) is 38.1 Å². The third-order valence-electron chi connectivity index (χ3n) is 7.27. The van der Waals surface area contributed by atoms with Gasteiger partial charge in [0.05, 0.1) is 0 Å². The van der Waals surface area contributed by atoms with Crippen molar-refractivity contribution in [2.45, 2.75) is 0 Å². The van der Waals surface area contributed by atoms with Crippen molar-refractivity contribution in [1.29, 1.82) is 0 Å². The highest BCUT2D eigenvalue weighted by molar-refractivity contribution is 6.26. The van der Waals surface area contributed by atoms with Crippen LogP contribution in [0.4, 0.5) is 0 Å². The van der Waals surface area contributed by atoms with Crippen LogP contribution in [0.1, 0.15) is 20.7 Å². The van der Waals surface area contributed by atoms with Crippen molar-refractivity contribution < 1.29 is 9.59 Å². The summed E-state index contributed by atoms with van der Waals surface area (Å²) in [4.78, 5) is 41.6. The number of carbonyl (C=O) groups is 2. The zero-order valence-corrected chi connectivity index (χ0v) is 21.6. The SMILES string of the molecule is CN1C(=O)c2cccc3c(-c4nc(-c5ccccc5)nc(-c5ccc(-c6ccccc6)cc5)n4)ccc(c23)C1=O. The van der Waals surface area contributed by atoms with Crippen LogP contribution in [0.15, 0.2) is 115 Å². The molecule has 0 bridgehead atoms. The van der Waals surface area contributed by atoms with Crippen LogP contribution in [0.25, 0.3) is 56.1 Å². The fourth-order valence-electron chi connectivity index (χ4n) is 5.20. The van der Waals surface area contributed by atoms with Gasteiger partial charge in [-0.15, -0.1) is 0 Å². The number of aromatic nitrogens is 3. The predicted octanol–water partition coefficient (Wildman–Crippen LogP) is 6.92. The second-order valence-electron chi connectivity index (χ2n) is 9.67. The van der Waals surface area contributed by atoms with Crippen LogP contribution in [0, 0.1) is 0 Å². The molecular formula is C34H22N4O2. The molecule has 1 aliphatic heterocycles. The molecular weight excluding hydrogens is 496 g/mol. The molecule has 2 heterocycles.